The van der Waals surface area contributed by atoms with Crippen LogP contribution in [0.25, 0.3) is 0 Å². The van der Waals surface area contributed by atoms with Crippen LogP contribution in [-0.4, -0.2) is 58.8 Å². The van der Waals surface area contributed by atoms with Crippen molar-refractivity contribution in [2.45, 2.75) is 86.4 Å². The van der Waals surface area contributed by atoms with Gasteiger partial charge in [-0.05, 0) is 61.8 Å². The molecular formula is C19H37N3O4. The van der Waals surface area contributed by atoms with Crippen LogP contribution >= 0.6 is 0 Å². The lowest BCUT2D eigenvalue weighted by Crippen LogP contribution is -2.52. The summed E-state index contributed by atoms with van der Waals surface area (Å²) in [6.45, 7) is 17.7. The number of aliphatic imine (C=N–C) groups is 1. The number of rotatable bonds is 5. The molecule has 152 valence electrons. The van der Waals surface area contributed by atoms with E-state index in [9.17, 15) is 9.59 Å². The third kappa shape index (κ3) is 9.06. The topological polar surface area (TPSA) is 71.4 Å². The number of unbranched alkanes of at least 4 members (excludes halogenated alkanes) is 1. The molecule has 0 N–H and O–H groups in total. The molecule has 0 aromatic heterocycles. The number of carbonyl (C=O) groups excluding carboxylic acids is 2. The van der Waals surface area contributed by atoms with Crippen molar-refractivity contribution < 1.29 is 19.1 Å². The SMILES string of the molecule is CCCCN(C(=O)OC(C)(C)C)/C(=N\CC)N(CC)C(=O)OC(C)(C)C. The summed E-state index contributed by atoms with van der Waals surface area (Å²) >= 11 is 0. The fraction of sp³-hybridized carbons (Fsp3) is 0.842. The van der Waals surface area contributed by atoms with Crippen LogP contribution in [0.5, 0.6) is 0 Å². The third-order valence-corrected chi connectivity index (χ3v) is 3.06. The van der Waals surface area contributed by atoms with Crippen LogP contribution in [0.2, 0.25) is 0 Å². The van der Waals surface area contributed by atoms with Gasteiger partial charge in [0.1, 0.15) is 11.2 Å². The van der Waals surface area contributed by atoms with Crippen LogP contribution in [0.3, 0.4) is 0 Å². The van der Waals surface area contributed by atoms with Gasteiger partial charge in [0.15, 0.2) is 0 Å². The van der Waals surface area contributed by atoms with Crippen molar-refractivity contribution >= 4 is 18.1 Å². The van der Waals surface area contributed by atoms with Crippen LogP contribution < -0.4 is 0 Å². The minimum absolute atomic E-state index is 0.270. The van der Waals surface area contributed by atoms with Gasteiger partial charge in [-0.2, -0.15) is 0 Å². The number of guanidine groups is 1. The van der Waals surface area contributed by atoms with Crippen molar-refractivity contribution in [3.63, 3.8) is 0 Å². The van der Waals surface area contributed by atoms with E-state index >= 15 is 0 Å². The maximum absolute atomic E-state index is 12.8. The van der Waals surface area contributed by atoms with Crippen molar-refractivity contribution in [2.75, 3.05) is 19.6 Å². The van der Waals surface area contributed by atoms with Gasteiger partial charge in [-0.25, -0.2) is 19.4 Å². The van der Waals surface area contributed by atoms with E-state index in [4.69, 9.17) is 9.47 Å². The van der Waals surface area contributed by atoms with Gasteiger partial charge >= 0.3 is 12.2 Å². The maximum atomic E-state index is 12.8. The largest absolute Gasteiger partial charge is 0.443 e. The summed E-state index contributed by atoms with van der Waals surface area (Å²) in [7, 11) is 0. The highest BCUT2D eigenvalue weighted by atomic mass is 16.6. The lowest BCUT2D eigenvalue weighted by atomic mass is 10.2. The van der Waals surface area contributed by atoms with Gasteiger partial charge in [0.2, 0.25) is 5.96 Å². The van der Waals surface area contributed by atoms with E-state index in [0.29, 0.717) is 19.6 Å². The van der Waals surface area contributed by atoms with Gasteiger partial charge in [-0.15, -0.1) is 0 Å². The summed E-state index contributed by atoms with van der Waals surface area (Å²) in [5.41, 5.74) is -1.27. The Morgan fingerprint density at radius 1 is 0.846 bits per heavy atom. The van der Waals surface area contributed by atoms with E-state index in [1.165, 1.54) is 9.80 Å². The lowest BCUT2D eigenvalue weighted by Gasteiger charge is -2.33. The highest BCUT2D eigenvalue weighted by Crippen LogP contribution is 2.15. The zero-order chi connectivity index (χ0) is 20.5. The second-order valence-electron chi connectivity index (χ2n) is 7.98. The molecule has 0 rings (SSSR count). The van der Waals surface area contributed by atoms with Gasteiger partial charge < -0.3 is 9.47 Å². The molecule has 0 aliphatic rings. The van der Waals surface area contributed by atoms with Gasteiger partial charge in [-0.1, -0.05) is 13.3 Å². The lowest BCUT2D eigenvalue weighted by molar-refractivity contribution is 0.0281. The minimum Gasteiger partial charge on any atom is -0.443 e. The summed E-state index contributed by atoms with van der Waals surface area (Å²) in [5, 5.41) is 0. The summed E-state index contributed by atoms with van der Waals surface area (Å²) in [6.07, 6.45) is 0.628. The summed E-state index contributed by atoms with van der Waals surface area (Å²) < 4.78 is 11.0. The Bertz CT molecular complexity index is 490. The van der Waals surface area contributed by atoms with Gasteiger partial charge in [0.25, 0.3) is 0 Å². The molecule has 7 heteroatoms. The molecule has 0 spiro atoms. The van der Waals surface area contributed by atoms with Crippen molar-refractivity contribution in [1.82, 2.24) is 9.80 Å². The van der Waals surface area contributed by atoms with Crippen LogP contribution in [0.15, 0.2) is 4.99 Å². The zero-order valence-corrected chi connectivity index (χ0v) is 18.0. The first-order valence-electron chi connectivity index (χ1n) is 9.41. The standard InChI is InChI=1S/C19H37N3O4/c1-10-13-14-22(17(24)26-19(7,8)9)15(20-11-2)21(12-3)16(23)25-18(4,5)6/h10-14H2,1-9H3/b20-15-. The number of hydrogen-bond donors (Lipinski definition) is 0. The van der Waals surface area contributed by atoms with Gasteiger partial charge in [-0.3, -0.25) is 4.99 Å². The molecule has 0 heterocycles. The van der Waals surface area contributed by atoms with E-state index in [1.54, 1.807) is 20.8 Å². The third-order valence-electron chi connectivity index (χ3n) is 3.06. The first-order chi connectivity index (χ1) is 11.9. The first kappa shape index (κ1) is 24.2. The van der Waals surface area contributed by atoms with Gasteiger partial charge in [0.05, 0.1) is 0 Å². The quantitative estimate of drug-likeness (QED) is 0.521. The molecular weight excluding hydrogens is 334 g/mol. The Hall–Kier alpha value is -1.79. The fourth-order valence-electron chi connectivity index (χ4n) is 2.03. The van der Waals surface area contributed by atoms with Crippen LogP contribution in [-0.2, 0) is 9.47 Å². The van der Waals surface area contributed by atoms with E-state index in [2.05, 4.69) is 4.99 Å². The number of ether oxygens (including phenoxy) is 2. The molecule has 2 amide bonds. The minimum atomic E-state index is -0.637. The van der Waals surface area contributed by atoms with E-state index in [1.807, 2.05) is 41.5 Å². The van der Waals surface area contributed by atoms with Crippen molar-refractivity contribution in [1.29, 1.82) is 0 Å². The van der Waals surface area contributed by atoms with Crippen molar-refractivity contribution in [3.05, 3.63) is 0 Å². The summed E-state index contributed by atoms with van der Waals surface area (Å²) in [4.78, 5) is 32.6. The van der Waals surface area contributed by atoms with E-state index in [0.717, 1.165) is 12.8 Å². The molecule has 0 aromatic rings. The molecule has 0 saturated heterocycles. The average Bonchev–Trinajstić information content (AvgIpc) is 2.44. The number of carbonyl (C=O) groups is 2. The molecule has 0 fully saturated rings. The maximum Gasteiger partial charge on any atom is 0.417 e. The molecule has 0 radical (unpaired) electrons. The van der Waals surface area contributed by atoms with E-state index < -0.39 is 23.4 Å². The molecule has 0 bridgehead atoms. The highest BCUT2D eigenvalue weighted by molar-refractivity contribution is 6.01. The predicted octanol–water partition coefficient (Wildman–Crippen LogP) is 4.66. The van der Waals surface area contributed by atoms with Gasteiger partial charge in [0, 0.05) is 19.6 Å². The normalized spacial score (nSPS) is 12.6. The first-order valence-corrected chi connectivity index (χ1v) is 9.41. The molecule has 0 atom stereocenters. The molecule has 0 saturated carbocycles. The molecule has 0 aliphatic heterocycles. The molecule has 0 aromatic carbocycles. The zero-order valence-electron chi connectivity index (χ0n) is 18.0. The number of amides is 2. The van der Waals surface area contributed by atoms with Crippen molar-refractivity contribution in [3.8, 4) is 0 Å². The Balaban J connectivity index is 5.77. The predicted molar refractivity (Wildman–Crippen MR) is 104 cm³/mol. The smallest absolute Gasteiger partial charge is 0.417 e. The number of hydrogen-bond acceptors (Lipinski definition) is 5. The molecule has 0 unspecified atom stereocenters. The monoisotopic (exact) mass is 371 g/mol. The highest BCUT2D eigenvalue weighted by Gasteiger charge is 2.32. The van der Waals surface area contributed by atoms with Crippen LogP contribution in [0.1, 0.15) is 75.2 Å². The second-order valence-corrected chi connectivity index (χ2v) is 7.98. The molecule has 26 heavy (non-hydrogen) atoms. The Morgan fingerprint density at radius 3 is 1.65 bits per heavy atom. The molecule has 7 nitrogen and oxygen atoms in total. The van der Waals surface area contributed by atoms with E-state index in [-0.39, 0.29) is 5.96 Å². The molecule has 0 aliphatic carbocycles. The van der Waals surface area contributed by atoms with Crippen LogP contribution in [0, 0.1) is 0 Å². The Labute approximate surface area is 158 Å². The summed E-state index contributed by atoms with van der Waals surface area (Å²) in [6, 6.07) is 0. The summed E-state index contributed by atoms with van der Waals surface area (Å²) in [5.74, 6) is 0.270. The Kier molecular flexibility index (Phi) is 9.67. The number of nitrogens with zero attached hydrogens (tertiary/aromatic N) is 3. The van der Waals surface area contributed by atoms with Crippen LogP contribution in [0.4, 0.5) is 9.59 Å². The Morgan fingerprint density at radius 2 is 1.31 bits per heavy atom. The average molecular weight is 372 g/mol. The fourth-order valence-corrected chi connectivity index (χ4v) is 2.03. The second kappa shape index (κ2) is 10.4. The van der Waals surface area contributed by atoms with Crippen molar-refractivity contribution in [2.24, 2.45) is 4.99 Å².